The molecule has 2 heterocycles. The first-order chi connectivity index (χ1) is 7.59. The molecule has 2 rings (SSSR count). The second-order valence-corrected chi connectivity index (χ2v) is 4.17. The van der Waals surface area contributed by atoms with Crippen molar-refractivity contribution >= 4 is 17.1 Å². The Morgan fingerprint density at radius 1 is 1.56 bits per heavy atom. The molecule has 86 valence electrons. The highest BCUT2D eigenvalue weighted by atomic mass is 15.3. The van der Waals surface area contributed by atoms with Crippen LogP contribution in [0.3, 0.4) is 0 Å². The molecule has 0 saturated heterocycles. The molecule has 0 aromatic carbocycles. The molecule has 2 aromatic rings. The molecule has 0 bridgehead atoms. The van der Waals surface area contributed by atoms with Gasteiger partial charge in [-0.2, -0.15) is 4.98 Å². The second kappa shape index (κ2) is 4.09. The molecular weight excluding hydrogens is 202 g/mol. The third kappa shape index (κ3) is 1.86. The van der Waals surface area contributed by atoms with Gasteiger partial charge in [-0.15, -0.1) is 0 Å². The quantitative estimate of drug-likeness (QED) is 0.827. The third-order valence-electron chi connectivity index (χ3n) is 2.54. The highest BCUT2D eigenvalue weighted by Crippen LogP contribution is 2.18. The maximum absolute atomic E-state index is 5.78. The predicted molar refractivity (Wildman–Crippen MR) is 65.4 cm³/mol. The van der Waals surface area contributed by atoms with Gasteiger partial charge in [0.2, 0.25) is 5.95 Å². The molecule has 16 heavy (non-hydrogen) atoms. The van der Waals surface area contributed by atoms with Crippen molar-refractivity contribution in [2.45, 2.75) is 13.0 Å². The van der Waals surface area contributed by atoms with Gasteiger partial charge in [0.05, 0.1) is 5.52 Å². The first kappa shape index (κ1) is 10.9. The lowest BCUT2D eigenvalue weighted by Gasteiger charge is -2.19. The van der Waals surface area contributed by atoms with E-state index in [2.05, 4.69) is 9.97 Å². The molecule has 0 aliphatic rings. The third-order valence-corrected chi connectivity index (χ3v) is 2.54. The minimum Gasteiger partial charge on any atom is -0.344 e. The lowest BCUT2D eigenvalue weighted by atomic mass is 10.3. The van der Waals surface area contributed by atoms with E-state index in [0.29, 0.717) is 0 Å². The number of aromatic nitrogens is 3. The zero-order chi connectivity index (χ0) is 11.7. The van der Waals surface area contributed by atoms with E-state index in [0.717, 1.165) is 23.7 Å². The highest BCUT2D eigenvalue weighted by molar-refractivity contribution is 5.74. The maximum atomic E-state index is 5.78. The first-order valence-electron chi connectivity index (χ1n) is 5.33. The van der Waals surface area contributed by atoms with Crippen LogP contribution in [0, 0.1) is 0 Å². The molecule has 2 N–H and O–H groups in total. The summed E-state index contributed by atoms with van der Waals surface area (Å²) in [6.07, 6.45) is 1.75. The van der Waals surface area contributed by atoms with Crippen molar-refractivity contribution < 1.29 is 0 Å². The van der Waals surface area contributed by atoms with Crippen molar-refractivity contribution in [1.82, 2.24) is 14.5 Å². The smallest absolute Gasteiger partial charge is 0.207 e. The molecule has 0 aliphatic heterocycles. The lowest BCUT2D eigenvalue weighted by molar-refractivity contribution is 0.695. The summed E-state index contributed by atoms with van der Waals surface area (Å²) in [5.74, 6) is 0.894. The number of fused-ring (bicyclic) bond motifs is 1. The summed E-state index contributed by atoms with van der Waals surface area (Å²) >= 11 is 0. The fraction of sp³-hybridized carbons (Fsp3) is 0.455. The Balaban J connectivity index is 2.41. The van der Waals surface area contributed by atoms with Crippen LogP contribution in [0.5, 0.6) is 0 Å². The van der Waals surface area contributed by atoms with Crippen LogP contribution in [0.4, 0.5) is 5.95 Å². The number of anilines is 1. The van der Waals surface area contributed by atoms with Gasteiger partial charge in [-0.25, -0.2) is 4.98 Å². The summed E-state index contributed by atoms with van der Waals surface area (Å²) in [6.45, 7) is 2.76. The normalized spacial score (nSPS) is 13.0. The Morgan fingerprint density at radius 2 is 2.31 bits per heavy atom. The average molecular weight is 219 g/mol. The van der Waals surface area contributed by atoms with E-state index in [-0.39, 0.29) is 6.04 Å². The molecule has 5 heteroatoms. The average Bonchev–Trinajstić information content (AvgIpc) is 2.56. The van der Waals surface area contributed by atoms with Gasteiger partial charge < -0.3 is 15.2 Å². The molecule has 2 aromatic heterocycles. The van der Waals surface area contributed by atoms with Gasteiger partial charge in [0.15, 0.2) is 5.65 Å². The molecule has 0 fully saturated rings. The molecule has 0 amide bonds. The van der Waals surface area contributed by atoms with E-state index in [9.17, 15) is 0 Å². The van der Waals surface area contributed by atoms with Crippen LogP contribution < -0.4 is 10.6 Å². The second-order valence-electron chi connectivity index (χ2n) is 4.17. The van der Waals surface area contributed by atoms with E-state index >= 15 is 0 Å². The van der Waals surface area contributed by atoms with Crippen LogP contribution in [-0.4, -0.2) is 34.2 Å². The van der Waals surface area contributed by atoms with Crippen LogP contribution in [0.1, 0.15) is 6.92 Å². The Morgan fingerprint density at radius 3 is 2.94 bits per heavy atom. The molecule has 0 saturated carbocycles. The topological polar surface area (TPSA) is 60.0 Å². The van der Waals surface area contributed by atoms with Crippen LogP contribution in [-0.2, 0) is 7.05 Å². The summed E-state index contributed by atoms with van der Waals surface area (Å²) in [7, 11) is 3.98. The minimum atomic E-state index is 0.123. The SMILES string of the molecule is CC(N)CN(C)c1nc2ncccc2n1C. The van der Waals surface area contributed by atoms with E-state index < -0.39 is 0 Å². The van der Waals surface area contributed by atoms with Gasteiger partial charge in [-0.05, 0) is 19.1 Å². The molecule has 0 aliphatic carbocycles. The van der Waals surface area contributed by atoms with Gasteiger partial charge in [0.25, 0.3) is 0 Å². The fourth-order valence-corrected chi connectivity index (χ4v) is 1.87. The van der Waals surface area contributed by atoms with Gasteiger partial charge in [0, 0.05) is 32.9 Å². The first-order valence-corrected chi connectivity index (χ1v) is 5.33. The largest absolute Gasteiger partial charge is 0.344 e. The minimum absolute atomic E-state index is 0.123. The van der Waals surface area contributed by atoms with E-state index in [1.165, 1.54) is 0 Å². The summed E-state index contributed by atoms with van der Waals surface area (Å²) in [5.41, 5.74) is 7.59. The number of pyridine rings is 1. The number of imidazole rings is 1. The van der Waals surface area contributed by atoms with Crippen molar-refractivity contribution in [3.8, 4) is 0 Å². The molecule has 0 radical (unpaired) electrons. The number of hydrogen-bond acceptors (Lipinski definition) is 4. The van der Waals surface area contributed by atoms with Gasteiger partial charge in [-0.1, -0.05) is 0 Å². The number of aryl methyl sites for hydroxylation is 1. The lowest BCUT2D eigenvalue weighted by Crippen LogP contribution is -2.34. The maximum Gasteiger partial charge on any atom is 0.207 e. The van der Waals surface area contributed by atoms with E-state index in [4.69, 9.17) is 5.73 Å². The van der Waals surface area contributed by atoms with Gasteiger partial charge in [0.1, 0.15) is 0 Å². The van der Waals surface area contributed by atoms with E-state index in [1.807, 2.05) is 42.6 Å². The van der Waals surface area contributed by atoms with Crippen LogP contribution in [0.2, 0.25) is 0 Å². The van der Waals surface area contributed by atoms with Crippen LogP contribution in [0.25, 0.3) is 11.2 Å². The van der Waals surface area contributed by atoms with Crippen LogP contribution >= 0.6 is 0 Å². The monoisotopic (exact) mass is 219 g/mol. The molecule has 0 spiro atoms. The summed E-state index contributed by atoms with van der Waals surface area (Å²) in [5, 5.41) is 0. The van der Waals surface area contributed by atoms with Gasteiger partial charge >= 0.3 is 0 Å². The highest BCUT2D eigenvalue weighted by Gasteiger charge is 2.12. The fourth-order valence-electron chi connectivity index (χ4n) is 1.87. The van der Waals surface area contributed by atoms with Crippen molar-refractivity contribution in [3.05, 3.63) is 18.3 Å². The Bertz CT molecular complexity index is 488. The number of nitrogens with two attached hydrogens (primary N) is 1. The van der Waals surface area contributed by atoms with Crippen LogP contribution in [0.15, 0.2) is 18.3 Å². The van der Waals surface area contributed by atoms with Crippen molar-refractivity contribution in [2.75, 3.05) is 18.5 Å². The zero-order valence-corrected chi connectivity index (χ0v) is 9.88. The summed E-state index contributed by atoms with van der Waals surface area (Å²) in [6, 6.07) is 4.05. The predicted octanol–water partition coefficient (Wildman–Crippen LogP) is 0.752. The Kier molecular flexibility index (Phi) is 2.78. The standard InChI is InChI=1S/C11H17N5/c1-8(12)7-15(2)11-14-10-9(16(11)3)5-4-6-13-10/h4-6,8H,7,12H2,1-3H3. The molecule has 1 atom stereocenters. The summed E-state index contributed by atoms with van der Waals surface area (Å²) in [4.78, 5) is 10.8. The number of likely N-dealkylation sites (N-methyl/N-ethyl adjacent to an activating group) is 1. The van der Waals surface area contributed by atoms with E-state index in [1.54, 1.807) is 6.20 Å². The Hall–Kier alpha value is -1.62. The summed E-state index contributed by atoms with van der Waals surface area (Å²) < 4.78 is 2.03. The molecule has 1 unspecified atom stereocenters. The number of nitrogens with zero attached hydrogens (tertiary/aromatic N) is 4. The molecule has 5 nitrogen and oxygen atoms in total. The number of hydrogen-bond donors (Lipinski definition) is 1. The van der Waals surface area contributed by atoms with Gasteiger partial charge in [-0.3, -0.25) is 0 Å². The Labute approximate surface area is 94.9 Å². The van der Waals surface area contributed by atoms with Crippen molar-refractivity contribution in [2.24, 2.45) is 12.8 Å². The van der Waals surface area contributed by atoms with Crippen molar-refractivity contribution in [3.63, 3.8) is 0 Å². The molecular formula is C11H17N5. The number of rotatable bonds is 3. The van der Waals surface area contributed by atoms with Crippen molar-refractivity contribution in [1.29, 1.82) is 0 Å². The zero-order valence-electron chi connectivity index (χ0n) is 9.88.